The summed E-state index contributed by atoms with van der Waals surface area (Å²) in [5.74, 6) is 0.474. The summed E-state index contributed by atoms with van der Waals surface area (Å²) in [6.45, 7) is 8.34. The van der Waals surface area contributed by atoms with Gasteiger partial charge in [-0.15, -0.1) is 0 Å². The maximum Gasteiger partial charge on any atom is 0.296 e. The zero-order chi connectivity index (χ0) is 32.3. The SMILES string of the molecule is CCCCCCCCCCCCCCCCCCOCC1CC(COCCCCCCCOS(=O)(=O)c2ccc(C)cc2)CO1. The molecule has 0 aliphatic carbocycles. The molecule has 262 valence electrons. The van der Waals surface area contributed by atoms with Gasteiger partial charge in [-0.25, -0.2) is 0 Å². The maximum atomic E-state index is 12.2. The smallest absolute Gasteiger partial charge is 0.296 e. The third-order valence-corrected chi connectivity index (χ3v) is 10.3. The molecule has 2 unspecified atom stereocenters. The standard InChI is InChI=1S/C38H68O6S/c1-3-4-5-6-7-8-9-10-11-12-13-14-15-16-18-22-29-42-34-37-31-36(33-43-37)32-41-28-21-19-17-20-23-30-44-45(39,40)38-26-24-35(2)25-27-38/h24-27,36-37H,3-23,28-34H2,1-2H3. The first-order valence-corrected chi connectivity index (χ1v) is 20.1. The van der Waals surface area contributed by atoms with Gasteiger partial charge in [-0.3, -0.25) is 4.18 Å². The Balaban J connectivity index is 1.27. The van der Waals surface area contributed by atoms with E-state index in [2.05, 4.69) is 6.92 Å². The summed E-state index contributed by atoms with van der Waals surface area (Å²) in [4.78, 5) is 0.224. The molecule has 2 atom stereocenters. The van der Waals surface area contributed by atoms with Crippen LogP contribution in [0, 0.1) is 12.8 Å². The Morgan fingerprint density at radius 2 is 1.07 bits per heavy atom. The molecule has 0 bridgehead atoms. The normalized spacial score (nSPS) is 16.9. The molecule has 7 heteroatoms. The van der Waals surface area contributed by atoms with E-state index in [1.165, 1.54) is 96.3 Å². The van der Waals surface area contributed by atoms with E-state index in [1.807, 2.05) is 6.92 Å². The van der Waals surface area contributed by atoms with Gasteiger partial charge in [0.05, 0.1) is 37.4 Å². The monoisotopic (exact) mass is 652 g/mol. The molecule has 2 rings (SSSR count). The van der Waals surface area contributed by atoms with Gasteiger partial charge in [0.25, 0.3) is 10.1 Å². The number of rotatable bonds is 31. The molecule has 1 aliphatic heterocycles. The molecule has 0 N–H and O–H groups in total. The van der Waals surface area contributed by atoms with Crippen molar-refractivity contribution >= 4 is 10.1 Å². The van der Waals surface area contributed by atoms with E-state index in [1.54, 1.807) is 24.3 Å². The van der Waals surface area contributed by atoms with E-state index in [0.29, 0.717) is 12.5 Å². The van der Waals surface area contributed by atoms with Crippen molar-refractivity contribution in [3.8, 4) is 0 Å². The Bertz CT molecular complexity index is 903. The molecule has 0 spiro atoms. The van der Waals surface area contributed by atoms with Crippen molar-refractivity contribution in [1.29, 1.82) is 0 Å². The number of benzene rings is 1. The Morgan fingerprint density at radius 1 is 0.622 bits per heavy atom. The average molecular weight is 653 g/mol. The fraction of sp³-hybridized carbons (Fsp3) is 0.842. The summed E-state index contributed by atoms with van der Waals surface area (Å²) in [6.07, 6.45) is 28.4. The fourth-order valence-electron chi connectivity index (χ4n) is 6.01. The number of hydrogen-bond acceptors (Lipinski definition) is 6. The summed E-state index contributed by atoms with van der Waals surface area (Å²) in [7, 11) is -3.65. The molecule has 45 heavy (non-hydrogen) atoms. The minimum Gasteiger partial charge on any atom is -0.381 e. The summed E-state index contributed by atoms with van der Waals surface area (Å²) < 4.78 is 47.3. The van der Waals surface area contributed by atoms with Crippen LogP contribution in [0.2, 0.25) is 0 Å². The van der Waals surface area contributed by atoms with Gasteiger partial charge in [-0.05, 0) is 44.7 Å². The van der Waals surface area contributed by atoms with Crippen molar-refractivity contribution in [2.24, 2.45) is 5.92 Å². The van der Waals surface area contributed by atoms with Crippen LogP contribution in [0.5, 0.6) is 0 Å². The van der Waals surface area contributed by atoms with Gasteiger partial charge in [-0.1, -0.05) is 140 Å². The van der Waals surface area contributed by atoms with Gasteiger partial charge in [0.1, 0.15) is 0 Å². The summed E-state index contributed by atoms with van der Waals surface area (Å²) in [5.41, 5.74) is 1.03. The summed E-state index contributed by atoms with van der Waals surface area (Å²) >= 11 is 0. The van der Waals surface area contributed by atoms with Crippen LogP contribution in [0.25, 0.3) is 0 Å². The van der Waals surface area contributed by atoms with E-state index in [0.717, 1.165) is 76.9 Å². The predicted octanol–water partition coefficient (Wildman–Crippen LogP) is 10.4. The van der Waals surface area contributed by atoms with E-state index >= 15 is 0 Å². The highest BCUT2D eigenvalue weighted by Gasteiger charge is 2.25. The first-order valence-electron chi connectivity index (χ1n) is 18.7. The van der Waals surface area contributed by atoms with Crippen molar-refractivity contribution in [1.82, 2.24) is 0 Å². The second-order valence-corrected chi connectivity index (χ2v) is 15.0. The van der Waals surface area contributed by atoms with Crippen LogP contribution in [0.4, 0.5) is 0 Å². The molecule has 0 amide bonds. The predicted molar refractivity (Wildman–Crippen MR) is 186 cm³/mol. The molecule has 1 aromatic carbocycles. The lowest BCUT2D eigenvalue weighted by molar-refractivity contribution is 0.0141. The van der Waals surface area contributed by atoms with E-state index < -0.39 is 10.1 Å². The zero-order valence-corrected chi connectivity index (χ0v) is 29.9. The average Bonchev–Trinajstić information content (AvgIpc) is 3.49. The molecular formula is C38H68O6S. The Hall–Kier alpha value is -0.990. The lowest BCUT2D eigenvalue weighted by atomic mass is 10.0. The Morgan fingerprint density at radius 3 is 1.58 bits per heavy atom. The van der Waals surface area contributed by atoms with Crippen molar-refractivity contribution < 1.29 is 26.8 Å². The summed E-state index contributed by atoms with van der Waals surface area (Å²) in [6, 6.07) is 6.76. The topological polar surface area (TPSA) is 71.1 Å². The molecule has 1 saturated heterocycles. The highest BCUT2D eigenvalue weighted by atomic mass is 32.2. The summed E-state index contributed by atoms with van der Waals surface area (Å²) in [5, 5.41) is 0. The Labute approximate surface area is 277 Å². The lowest BCUT2D eigenvalue weighted by Gasteiger charge is -2.11. The highest BCUT2D eigenvalue weighted by Crippen LogP contribution is 2.21. The largest absolute Gasteiger partial charge is 0.381 e. The number of unbranched alkanes of at least 4 members (excludes halogenated alkanes) is 19. The number of ether oxygens (including phenoxy) is 3. The zero-order valence-electron chi connectivity index (χ0n) is 29.1. The number of aryl methyl sites for hydroxylation is 1. The Kier molecular flexibility index (Phi) is 24.1. The van der Waals surface area contributed by atoms with Gasteiger partial charge in [-0.2, -0.15) is 8.42 Å². The van der Waals surface area contributed by atoms with Crippen LogP contribution in [-0.2, 0) is 28.5 Å². The molecule has 1 heterocycles. The maximum absolute atomic E-state index is 12.2. The van der Waals surface area contributed by atoms with Gasteiger partial charge >= 0.3 is 0 Å². The minimum absolute atomic E-state index is 0.219. The van der Waals surface area contributed by atoms with E-state index in [-0.39, 0.29) is 17.6 Å². The molecule has 0 aromatic heterocycles. The van der Waals surface area contributed by atoms with Crippen molar-refractivity contribution in [3.63, 3.8) is 0 Å². The van der Waals surface area contributed by atoms with Crippen LogP contribution in [0.1, 0.15) is 154 Å². The van der Waals surface area contributed by atoms with E-state index in [4.69, 9.17) is 18.4 Å². The first kappa shape index (κ1) is 40.2. The van der Waals surface area contributed by atoms with Gasteiger partial charge in [0.15, 0.2) is 0 Å². The van der Waals surface area contributed by atoms with Crippen molar-refractivity contribution in [3.05, 3.63) is 29.8 Å². The second kappa shape index (κ2) is 27.0. The second-order valence-electron chi connectivity index (χ2n) is 13.4. The van der Waals surface area contributed by atoms with Crippen LogP contribution >= 0.6 is 0 Å². The fourth-order valence-corrected chi connectivity index (χ4v) is 6.95. The van der Waals surface area contributed by atoms with Crippen molar-refractivity contribution in [2.75, 3.05) is 39.6 Å². The molecule has 1 aromatic rings. The molecule has 0 saturated carbocycles. The third kappa shape index (κ3) is 21.5. The number of hydrogen-bond donors (Lipinski definition) is 0. The molecule has 1 aliphatic rings. The van der Waals surface area contributed by atoms with E-state index in [9.17, 15) is 8.42 Å². The molecule has 0 radical (unpaired) electrons. The van der Waals surface area contributed by atoms with Gasteiger partial charge in [0, 0.05) is 19.1 Å². The molecular weight excluding hydrogens is 584 g/mol. The minimum atomic E-state index is -3.65. The van der Waals surface area contributed by atoms with Crippen LogP contribution in [0.15, 0.2) is 29.2 Å². The van der Waals surface area contributed by atoms with Crippen molar-refractivity contribution in [2.45, 2.75) is 166 Å². The van der Waals surface area contributed by atoms with Crippen LogP contribution in [-0.4, -0.2) is 54.2 Å². The molecule has 1 fully saturated rings. The first-order chi connectivity index (χ1) is 22.0. The van der Waals surface area contributed by atoms with Crippen LogP contribution < -0.4 is 0 Å². The molecule has 6 nitrogen and oxygen atoms in total. The van der Waals surface area contributed by atoms with Crippen LogP contribution in [0.3, 0.4) is 0 Å². The highest BCUT2D eigenvalue weighted by molar-refractivity contribution is 7.86. The third-order valence-electron chi connectivity index (χ3n) is 8.94. The van der Waals surface area contributed by atoms with Gasteiger partial charge < -0.3 is 14.2 Å². The quantitative estimate of drug-likeness (QED) is 0.0587. The van der Waals surface area contributed by atoms with Gasteiger partial charge in [0.2, 0.25) is 0 Å². The lowest BCUT2D eigenvalue weighted by Crippen LogP contribution is -2.15.